The van der Waals surface area contributed by atoms with Gasteiger partial charge in [-0.25, -0.2) is 4.79 Å². The number of fused-ring (bicyclic) bond motifs is 1. The SMILES string of the molecule is O=C(NC1(C(=O)N[C@H](Cc2ccccc2)C(=O)NCCN2CCN(C(=O)Cc3cccs3)CC2)CCCC1)Oc1cc2ccccc2s1. The van der Waals surface area contributed by atoms with E-state index in [0.717, 1.165) is 46.5 Å². The second-order valence-corrected chi connectivity index (χ2v) is 14.5. The standard InChI is InChI=1S/C36H41N5O5S2/c42-31(25-28-12-8-22-47-28)41-20-18-40(19-21-41)17-16-37-33(43)29(23-26-9-2-1-3-10-26)38-34(44)36(14-6-7-15-36)39-35(45)46-32-24-27-11-4-5-13-30(27)48-32/h1-5,8-13,22,24,29H,6-7,14-21,23,25H2,(H,37,43)(H,38,44)(H,39,45)/t29-/m1/s1. The van der Waals surface area contributed by atoms with Gasteiger partial charge in [-0.2, -0.15) is 0 Å². The molecule has 3 heterocycles. The molecular weight excluding hydrogens is 647 g/mol. The molecule has 0 spiro atoms. The number of nitrogens with one attached hydrogen (secondary N) is 3. The first-order chi connectivity index (χ1) is 23.4. The van der Waals surface area contributed by atoms with Crippen LogP contribution in [-0.4, -0.2) is 84.5 Å². The summed E-state index contributed by atoms with van der Waals surface area (Å²) in [5.74, 6) is -0.515. The van der Waals surface area contributed by atoms with Crippen molar-refractivity contribution >= 4 is 56.6 Å². The van der Waals surface area contributed by atoms with Crippen LogP contribution in [0.2, 0.25) is 0 Å². The van der Waals surface area contributed by atoms with Gasteiger partial charge >= 0.3 is 6.09 Å². The van der Waals surface area contributed by atoms with E-state index in [-0.39, 0.29) is 17.7 Å². The third-order valence-electron chi connectivity index (χ3n) is 9.09. The van der Waals surface area contributed by atoms with Crippen molar-refractivity contribution in [1.29, 1.82) is 0 Å². The molecule has 12 heteroatoms. The Morgan fingerprint density at radius 1 is 0.896 bits per heavy atom. The van der Waals surface area contributed by atoms with Crippen LogP contribution in [-0.2, 0) is 27.2 Å². The average molecular weight is 688 g/mol. The van der Waals surface area contributed by atoms with Crippen molar-refractivity contribution in [2.75, 3.05) is 39.3 Å². The molecule has 4 amide bonds. The number of carbonyl (C=O) groups excluding carboxylic acids is 4. The Morgan fingerprint density at radius 2 is 1.65 bits per heavy atom. The van der Waals surface area contributed by atoms with Crippen molar-refractivity contribution in [3.05, 3.63) is 88.6 Å². The molecule has 48 heavy (non-hydrogen) atoms. The van der Waals surface area contributed by atoms with Crippen LogP contribution in [0.5, 0.6) is 5.06 Å². The molecule has 2 aliphatic rings. The van der Waals surface area contributed by atoms with E-state index in [1.54, 1.807) is 11.3 Å². The van der Waals surface area contributed by atoms with Gasteiger partial charge in [0.05, 0.1) is 6.42 Å². The highest BCUT2D eigenvalue weighted by Crippen LogP contribution is 2.33. The fourth-order valence-electron chi connectivity index (χ4n) is 6.42. The minimum atomic E-state index is -1.16. The van der Waals surface area contributed by atoms with Gasteiger partial charge in [0, 0.05) is 61.3 Å². The Balaban J connectivity index is 1.03. The Labute approximate surface area is 288 Å². The predicted molar refractivity (Wildman–Crippen MR) is 188 cm³/mol. The molecule has 1 saturated heterocycles. The van der Waals surface area contributed by atoms with Crippen molar-refractivity contribution in [2.24, 2.45) is 0 Å². The van der Waals surface area contributed by atoms with Crippen LogP contribution in [0.4, 0.5) is 4.79 Å². The molecule has 4 aromatic rings. The molecule has 0 radical (unpaired) electrons. The molecule has 1 atom stereocenters. The first-order valence-electron chi connectivity index (χ1n) is 16.5. The Bertz CT molecular complexity index is 1660. The lowest BCUT2D eigenvalue weighted by Gasteiger charge is -2.35. The predicted octanol–water partition coefficient (Wildman–Crippen LogP) is 4.59. The molecule has 252 valence electrons. The van der Waals surface area contributed by atoms with Crippen LogP contribution in [0.3, 0.4) is 0 Å². The molecule has 1 aliphatic carbocycles. The van der Waals surface area contributed by atoms with E-state index in [4.69, 9.17) is 4.74 Å². The number of thiophene rings is 2. The van der Waals surface area contributed by atoms with Crippen LogP contribution in [0, 0.1) is 0 Å². The second-order valence-electron chi connectivity index (χ2n) is 12.4. The molecule has 0 bridgehead atoms. The van der Waals surface area contributed by atoms with Gasteiger partial charge in [-0.05, 0) is 41.3 Å². The number of carbonyl (C=O) groups is 4. The Morgan fingerprint density at radius 3 is 2.38 bits per heavy atom. The summed E-state index contributed by atoms with van der Waals surface area (Å²) in [5.41, 5.74) is -0.247. The summed E-state index contributed by atoms with van der Waals surface area (Å²) in [6, 6.07) is 22.3. The first-order valence-corrected chi connectivity index (χ1v) is 18.2. The van der Waals surface area contributed by atoms with Gasteiger partial charge in [0.1, 0.15) is 11.6 Å². The molecule has 2 aromatic carbocycles. The van der Waals surface area contributed by atoms with Crippen LogP contribution < -0.4 is 20.7 Å². The van der Waals surface area contributed by atoms with E-state index < -0.39 is 17.7 Å². The first kappa shape index (κ1) is 33.6. The summed E-state index contributed by atoms with van der Waals surface area (Å²) < 4.78 is 6.63. The van der Waals surface area contributed by atoms with Gasteiger partial charge in [-0.15, -0.1) is 11.3 Å². The smallest absolute Gasteiger partial charge is 0.399 e. The minimum absolute atomic E-state index is 0.146. The molecule has 10 nitrogen and oxygen atoms in total. The molecular formula is C36H41N5O5S2. The fourth-order valence-corrected chi connectivity index (χ4v) is 8.03. The highest BCUT2D eigenvalue weighted by Gasteiger charge is 2.44. The zero-order chi connectivity index (χ0) is 33.3. The van der Waals surface area contributed by atoms with E-state index in [0.29, 0.717) is 56.9 Å². The molecule has 0 unspecified atom stereocenters. The molecule has 3 N–H and O–H groups in total. The van der Waals surface area contributed by atoms with Crippen molar-refractivity contribution in [3.63, 3.8) is 0 Å². The summed E-state index contributed by atoms with van der Waals surface area (Å²) in [7, 11) is 0. The largest absolute Gasteiger partial charge is 0.414 e. The number of rotatable bonds is 12. The topological polar surface area (TPSA) is 120 Å². The molecule has 2 aromatic heterocycles. The number of benzene rings is 2. The summed E-state index contributed by atoms with van der Waals surface area (Å²) >= 11 is 2.97. The van der Waals surface area contributed by atoms with Crippen molar-refractivity contribution in [1.82, 2.24) is 25.8 Å². The van der Waals surface area contributed by atoms with Crippen LogP contribution in [0.15, 0.2) is 78.2 Å². The number of piperazine rings is 1. The fraction of sp³-hybridized carbons (Fsp3) is 0.389. The van der Waals surface area contributed by atoms with Gasteiger partial charge in [0.2, 0.25) is 17.7 Å². The average Bonchev–Trinajstić information content (AvgIpc) is 3.87. The summed E-state index contributed by atoms with van der Waals surface area (Å²) in [6.45, 7) is 3.84. The molecule has 2 fully saturated rings. The zero-order valence-electron chi connectivity index (χ0n) is 26.8. The van der Waals surface area contributed by atoms with E-state index in [2.05, 4.69) is 20.9 Å². The Hall–Kier alpha value is -4.26. The highest BCUT2D eigenvalue weighted by atomic mass is 32.1. The third-order valence-corrected chi connectivity index (χ3v) is 11.0. The quantitative estimate of drug-likeness (QED) is 0.201. The highest BCUT2D eigenvalue weighted by molar-refractivity contribution is 7.20. The van der Waals surface area contributed by atoms with Crippen molar-refractivity contribution < 1.29 is 23.9 Å². The van der Waals surface area contributed by atoms with Gasteiger partial charge < -0.3 is 25.6 Å². The van der Waals surface area contributed by atoms with Crippen molar-refractivity contribution in [3.8, 4) is 5.06 Å². The van der Waals surface area contributed by atoms with E-state index in [1.165, 1.54) is 11.3 Å². The maximum atomic E-state index is 13.9. The summed E-state index contributed by atoms with van der Waals surface area (Å²) in [6.07, 6.45) is 2.54. The maximum Gasteiger partial charge on any atom is 0.414 e. The normalized spacial score (nSPS) is 16.7. The number of amides is 4. The van der Waals surface area contributed by atoms with E-state index >= 15 is 0 Å². The van der Waals surface area contributed by atoms with E-state index in [1.807, 2.05) is 83.1 Å². The number of hydrogen-bond donors (Lipinski definition) is 3. The van der Waals surface area contributed by atoms with Crippen LogP contribution in [0.25, 0.3) is 10.1 Å². The summed E-state index contributed by atoms with van der Waals surface area (Å²) in [5, 5.41) is 12.3. The van der Waals surface area contributed by atoms with E-state index in [9.17, 15) is 19.2 Å². The number of hydrogen-bond acceptors (Lipinski definition) is 8. The molecule has 1 aliphatic heterocycles. The number of nitrogens with zero attached hydrogens (tertiary/aromatic N) is 2. The minimum Gasteiger partial charge on any atom is -0.399 e. The number of ether oxygens (including phenoxy) is 1. The second kappa shape index (κ2) is 15.8. The Kier molecular flexibility index (Phi) is 11.0. The maximum absolute atomic E-state index is 13.9. The van der Waals surface area contributed by atoms with Crippen molar-refractivity contribution in [2.45, 2.75) is 50.1 Å². The van der Waals surface area contributed by atoms with Gasteiger partial charge in [0.15, 0.2) is 5.06 Å². The summed E-state index contributed by atoms with van der Waals surface area (Å²) in [4.78, 5) is 58.5. The van der Waals surface area contributed by atoms with Gasteiger partial charge in [0.25, 0.3) is 0 Å². The molecule has 1 saturated carbocycles. The monoisotopic (exact) mass is 687 g/mol. The van der Waals surface area contributed by atoms with Crippen LogP contribution in [0.1, 0.15) is 36.1 Å². The lowest BCUT2D eigenvalue weighted by molar-refractivity contribution is -0.133. The lowest BCUT2D eigenvalue weighted by Crippen LogP contribution is -2.61. The molecule has 6 rings (SSSR count). The lowest BCUT2D eigenvalue weighted by atomic mass is 9.95. The van der Waals surface area contributed by atoms with Gasteiger partial charge in [-0.3, -0.25) is 19.3 Å². The van der Waals surface area contributed by atoms with Gasteiger partial charge in [-0.1, -0.05) is 78.8 Å². The van der Waals surface area contributed by atoms with Crippen LogP contribution >= 0.6 is 22.7 Å². The third kappa shape index (κ3) is 8.60. The zero-order valence-corrected chi connectivity index (χ0v) is 28.5.